The molecule has 0 heterocycles. The van der Waals surface area contributed by atoms with Crippen LogP contribution in [0.25, 0.3) is 0 Å². The van der Waals surface area contributed by atoms with Gasteiger partial charge in [-0.3, -0.25) is 0 Å². The minimum absolute atomic E-state index is 0.464. The maximum absolute atomic E-state index is 5.93. The quantitative estimate of drug-likeness (QED) is 0.812. The van der Waals surface area contributed by atoms with Gasteiger partial charge in [-0.05, 0) is 49.3 Å². The van der Waals surface area contributed by atoms with Crippen molar-refractivity contribution in [1.29, 1.82) is 0 Å². The highest BCUT2D eigenvalue weighted by Gasteiger charge is 2.32. The second-order valence-electron chi connectivity index (χ2n) is 6.09. The summed E-state index contributed by atoms with van der Waals surface area (Å²) in [5, 5.41) is 4.57. The zero-order valence-corrected chi connectivity index (χ0v) is 13.5. The molecule has 1 atom stereocenters. The maximum atomic E-state index is 5.93. The SMILES string of the molecule is CCOCC(NC1CC(c2ccc(Cl)cc2)C1)C(C)C. The Bertz CT molecular complexity index is 398. The lowest BCUT2D eigenvalue weighted by Gasteiger charge is -2.39. The van der Waals surface area contributed by atoms with Crippen LogP contribution in [0.5, 0.6) is 0 Å². The second kappa shape index (κ2) is 7.44. The molecule has 1 aliphatic rings. The Labute approximate surface area is 127 Å². The molecule has 0 spiro atoms. The number of hydrogen-bond acceptors (Lipinski definition) is 2. The first kappa shape index (κ1) is 15.8. The molecule has 2 nitrogen and oxygen atoms in total. The molecule has 1 aliphatic carbocycles. The number of rotatable bonds is 7. The van der Waals surface area contributed by atoms with E-state index in [4.69, 9.17) is 16.3 Å². The van der Waals surface area contributed by atoms with E-state index in [-0.39, 0.29) is 0 Å². The lowest BCUT2D eigenvalue weighted by Crippen LogP contribution is -2.49. The molecule has 20 heavy (non-hydrogen) atoms. The molecule has 1 saturated carbocycles. The fourth-order valence-corrected chi connectivity index (χ4v) is 2.87. The van der Waals surface area contributed by atoms with Crippen LogP contribution >= 0.6 is 11.6 Å². The van der Waals surface area contributed by atoms with Crippen LogP contribution in [-0.2, 0) is 4.74 Å². The monoisotopic (exact) mass is 295 g/mol. The average Bonchev–Trinajstić information content (AvgIpc) is 2.38. The van der Waals surface area contributed by atoms with E-state index < -0.39 is 0 Å². The van der Waals surface area contributed by atoms with Crippen LogP contribution in [-0.4, -0.2) is 25.3 Å². The largest absolute Gasteiger partial charge is 0.380 e. The fraction of sp³-hybridized carbons (Fsp3) is 0.647. The molecule has 112 valence electrons. The summed E-state index contributed by atoms with van der Waals surface area (Å²) < 4.78 is 5.57. The van der Waals surface area contributed by atoms with Crippen molar-refractivity contribution >= 4 is 11.6 Å². The van der Waals surface area contributed by atoms with Crippen LogP contribution < -0.4 is 5.32 Å². The smallest absolute Gasteiger partial charge is 0.0622 e. The minimum atomic E-state index is 0.464. The van der Waals surface area contributed by atoms with Crippen LogP contribution in [0, 0.1) is 5.92 Å². The molecule has 0 saturated heterocycles. The fourth-order valence-electron chi connectivity index (χ4n) is 2.74. The van der Waals surface area contributed by atoms with E-state index in [0.29, 0.717) is 23.9 Å². The van der Waals surface area contributed by atoms with Gasteiger partial charge in [0.05, 0.1) is 6.61 Å². The Balaban J connectivity index is 1.78. The molecule has 0 amide bonds. The lowest BCUT2D eigenvalue weighted by molar-refractivity contribution is 0.0943. The first-order chi connectivity index (χ1) is 9.60. The third-order valence-corrected chi connectivity index (χ3v) is 4.49. The molecule has 1 fully saturated rings. The Kier molecular flexibility index (Phi) is 5.88. The maximum Gasteiger partial charge on any atom is 0.0622 e. The van der Waals surface area contributed by atoms with Crippen molar-refractivity contribution in [2.75, 3.05) is 13.2 Å². The van der Waals surface area contributed by atoms with E-state index >= 15 is 0 Å². The Morgan fingerprint density at radius 3 is 2.45 bits per heavy atom. The van der Waals surface area contributed by atoms with Gasteiger partial charge in [-0.2, -0.15) is 0 Å². The molecule has 1 unspecified atom stereocenters. The summed E-state index contributed by atoms with van der Waals surface area (Å²) in [4.78, 5) is 0. The summed E-state index contributed by atoms with van der Waals surface area (Å²) in [5.74, 6) is 1.29. The molecule has 0 radical (unpaired) electrons. The number of benzene rings is 1. The van der Waals surface area contributed by atoms with Crippen molar-refractivity contribution in [1.82, 2.24) is 5.32 Å². The third-order valence-electron chi connectivity index (χ3n) is 4.24. The summed E-state index contributed by atoms with van der Waals surface area (Å²) >= 11 is 5.93. The van der Waals surface area contributed by atoms with Gasteiger partial charge in [0.15, 0.2) is 0 Å². The summed E-state index contributed by atoms with van der Waals surface area (Å²) in [6, 6.07) is 9.38. The van der Waals surface area contributed by atoms with Gasteiger partial charge in [0.2, 0.25) is 0 Å². The Morgan fingerprint density at radius 1 is 1.25 bits per heavy atom. The highest BCUT2D eigenvalue weighted by atomic mass is 35.5. The van der Waals surface area contributed by atoms with E-state index in [1.165, 1.54) is 18.4 Å². The van der Waals surface area contributed by atoms with Gasteiger partial charge < -0.3 is 10.1 Å². The van der Waals surface area contributed by atoms with Crippen molar-refractivity contribution in [2.45, 2.75) is 51.6 Å². The predicted octanol–water partition coefficient (Wildman–Crippen LogP) is 4.24. The van der Waals surface area contributed by atoms with Gasteiger partial charge in [0.1, 0.15) is 0 Å². The molecular weight excluding hydrogens is 270 g/mol. The van der Waals surface area contributed by atoms with Gasteiger partial charge >= 0.3 is 0 Å². The molecule has 1 aromatic rings. The lowest BCUT2D eigenvalue weighted by atomic mass is 9.75. The van der Waals surface area contributed by atoms with E-state index in [1.807, 2.05) is 12.1 Å². The molecular formula is C17H26ClNO. The van der Waals surface area contributed by atoms with Crippen molar-refractivity contribution in [3.05, 3.63) is 34.9 Å². The molecule has 2 rings (SSSR count). The topological polar surface area (TPSA) is 21.3 Å². The third kappa shape index (κ3) is 4.21. The summed E-state index contributed by atoms with van der Waals surface area (Å²) in [7, 11) is 0. The highest BCUT2D eigenvalue weighted by Crippen LogP contribution is 2.37. The van der Waals surface area contributed by atoms with Crippen LogP contribution in [0.15, 0.2) is 24.3 Å². The molecule has 0 aromatic heterocycles. The zero-order chi connectivity index (χ0) is 14.5. The molecule has 0 aliphatic heterocycles. The van der Waals surface area contributed by atoms with Gasteiger partial charge in [0, 0.05) is 23.7 Å². The van der Waals surface area contributed by atoms with Crippen molar-refractivity contribution in [3.8, 4) is 0 Å². The first-order valence-corrected chi connectivity index (χ1v) is 8.07. The van der Waals surface area contributed by atoms with Gasteiger partial charge in [-0.25, -0.2) is 0 Å². The van der Waals surface area contributed by atoms with E-state index in [9.17, 15) is 0 Å². The Hall–Kier alpha value is -0.570. The first-order valence-electron chi connectivity index (χ1n) is 7.69. The van der Waals surface area contributed by atoms with Crippen LogP contribution in [0.2, 0.25) is 5.02 Å². The summed E-state index contributed by atoms with van der Waals surface area (Å²) in [5.41, 5.74) is 1.42. The summed E-state index contributed by atoms with van der Waals surface area (Å²) in [6.45, 7) is 8.18. The van der Waals surface area contributed by atoms with Crippen LogP contribution in [0.3, 0.4) is 0 Å². The van der Waals surface area contributed by atoms with Crippen LogP contribution in [0.1, 0.15) is 45.1 Å². The second-order valence-corrected chi connectivity index (χ2v) is 6.53. The minimum Gasteiger partial charge on any atom is -0.380 e. The zero-order valence-electron chi connectivity index (χ0n) is 12.7. The highest BCUT2D eigenvalue weighted by molar-refractivity contribution is 6.30. The van der Waals surface area contributed by atoms with Crippen molar-refractivity contribution in [3.63, 3.8) is 0 Å². The Morgan fingerprint density at radius 2 is 1.90 bits per heavy atom. The standard InChI is InChI=1S/C17H26ClNO/c1-4-20-11-17(12(2)3)19-16-9-14(10-16)13-5-7-15(18)8-6-13/h5-8,12,14,16-17,19H,4,9-11H2,1-3H3. The number of nitrogens with one attached hydrogen (secondary N) is 1. The van der Waals surface area contributed by atoms with Gasteiger partial charge in [-0.15, -0.1) is 0 Å². The van der Waals surface area contributed by atoms with Crippen LogP contribution in [0.4, 0.5) is 0 Å². The summed E-state index contributed by atoms with van der Waals surface area (Å²) in [6.07, 6.45) is 2.44. The number of halogens is 1. The molecule has 0 bridgehead atoms. The van der Waals surface area contributed by atoms with Gasteiger partial charge in [0.25, 0.3) is 0 Å². The van der Waals surface area contributed by atoms with E-state index in [2.05, 4.69) is 38.2 Å². The number of hydrogen-bond donors (Lipinski definition) is 1. The molecule has 1 N–H and O–H groups in total. The van der Waals surface area contributed by atoms with Crippen molar-refractivity contribution in [2.24, 2.45) is 5.92 Å². The van der Waals surface area contributed by atoms with Crippen molar-refractivity contribution < 1.29 is 4.74 Å². The number of ether oxygens (including phenoxy) is 1. The molecule has 1 aromatic carbocycles. The van der Waals surface area contributed by atoms with Gasteiger partial charge in [-0.1, -0.05) is 37.6 Å². The predicted molar refractivity (Wildman–Crippen MR) is 85.5 cm³/mol. The van der Waals surface area contributed by atoms with E-state index in [1.54, 1.807) is 0 Å². The normalized spacial score (nSPS) is 23.6. The molecule has 3 heteroatoms. The van der Waals surface area contributed by atoms with E-state index in [0.717, 1.165) is 18.2 Å². The average molecular weight is 296 g/mol.